The second-order valence-electron chi connectivity index (χ2n) is 9.81. The van der Waals surface area contributed by atoms with Gasteiger partial charge in [-0.15, -0.1) is 0 Å². The van der Waals surface area contributed by atoms with Crippen LogP contribution in [0, 0.1) is 0 Å². The number of anilines is 1. The fourth-order valence-electron chi connectivity index (χ4n) is 5.70. The summed E-state index contributed by atoms with van der Waals surface area (Å²) in [6.45, 7) is 2.12. The Morgan fingerprint density at radius 3 is 2.33 bits per heavy atom. The summed E-state index contributed by atoms with van der Waals surface area (Å²) in [5, 5.41) is 1.13. The zero-order chi connectivity index (χ0) is 26.3. The van der Waals surface area contributed by atoms with Gasteiger partial charge in [-0.3, -0.25) is 19.5 Å². The van der Waals surface area contributed by atoms with E-state index in [0.29, 0.717) is 5.82 Å². The fourth-order valence-corrected chi connectivity index (χ4v) is 5.70. The van der Waals surface area contributed by atoms with Crippen molar-refractivity contribution in [2.45, 2.75) is 26.2 Å². The van der Waals surface area contributed by atoms with E-state index in [1.165, 1.54) is 16.8 Å². The van der Waals surface area contributed by atoms with Crippen molar-refractivity contribution in [3.05, 3.63) is 109 Å². The Balaban J connectivity index is 1.25. The minimum absolute atomic E-state index is 0.709. The van der Waals surface area contributed by atoms with Crippen LogP contribution in [0.15, 0.2) is 97.6 Å². The molecule has 6 heteroatoms. The first-order valence-electron chi connectivity index (χ1n) is 13.4. The van der Waals surface area contributed by atoms with Gasteiger partial charge in [0, 0.05) is 40.9 Å². The summed E-state index contributed by atoms with van der Waals surface area (Å²) in [5.74, 6) is 0.709. The Labute approximate surface area is 226 Å². The molecule has 0 fully saturated rings. The summed E-state index contributed by atoms with van der Waals surface area (Å²) >= 11 is 0. The number of nitrogens with zero attached hydrogens (tertiary/aromatic N) is 5. The number of rotatable bonds is 5. The van der Waals surface area contributed by atoms with Crippen LogP contribution in [0.3, 0.4) is 0 Å². The van der Waals surface area contributed by atoms with Crippen molar-refractivity contribution in [2.75, 3.05) is 5.73 Å². The summed E-state index contributed by atoms with van der Waals surface area (Å²) in [7, 11) is 0. The molecular formula is C33H28N6. The van der Waals surface area contributed by atoms with Crippen LogP contribution in [-0.2, 0) is 0 Å². The highest BCUT2D eigenvalue weighted by molar-refractivity contribution is 6.07. The molecule has 0 atom stereocenters. The predicted octanol–water partition coefficient (Wildman–Crippen LogP) is 7.65. The summed E-state index contributed by atoms with van der Waals surface area (Å²) < 4.78 is 4.40. The van der Waals surface area contributed by atoms with Crippen molar-refractivity contribution < 1.29 is 0 Å². The van der Waals surface area contributed by atoms with Gasteiger partial charge in [0.05, 0.1) is 33.8 Å². The van der Waals surface area contributed by atoms with E-state index < -0.39 is 0 Å². The highest BCUT2D eigenvalue weighted by Gasteiger charge is 2.18. The van der Waals surface area contributed by atoms with Gasteiger partial charge in [-0.1, -0.05) is 37.3 Å². The quantitative estimate of drug-likeness (QED) is 0.260. The molecule has 0 aliphatic heterocycles. The van der Waals surface area contributed by atoms with E-state index in [9.17, 15) is 0 Å². The molecule has 1 aromatic carbocycles. The van der Waals surface area contributed by atoms with E-state index in [1.54, 1.807) is 0 Å². The maximum absolute atomic E-state index is 6.65. The van der Waals surface area contributed by atoms with Gasteiger partial charge in [-0.05, 0) is 78.9 Å². The van der Waals surface area contributed by atoms with Crippen LogP contribution in [0.5, 0.6) is 0 Å². The van der Waals surface area contributed by atoms with Gasteiger partial charge in [0.1, 0.15) is 5.82 Å². The van der Waals surface area contributed by atoms with Gasteiger partial charge in [-0.25, -0.2) is 0 Å². The lowest BCUT2D eigenvalue weighted by molar-refractivity contribution is 0.989. The number of aromatic nitrogens is 5. The van der Waals surface area contributed by atoms with Crippen molar-refractivity contribution in [3.8, 4) is 5.69 Å². The zero-order valence-electron chi connectivity index (χ0n) is 21.7. The van der Waals surface area contributed by atoms with E-state index in [1.807, 2.05) is 43.0 Å². The van der Waals surface area contributed by atoms with E-state index in [-0.39, 0.29) is 0 Å². The monoisotopic (exact) mass is 508 g/mol. The van der Waals surface area contributed by atoms with Crippen LogP contribution in [-0.4, -0.2) is 24.1 Å². The van der Waals surface area contributed by atoms with E-state index in [2.05, 4.69) is 91.7 Å². The van der Waals surface area contributed by atoms with Gasteiger partial charge in [0.15, 0.2) is 0 Å². The van der Waals surface area contributed by atoms with Crippen molar-refractivity contribution in [1.29, 1.82) is 0 Å². The standard InChI is InChI=1S/C33H28N6/c1-2-3-6-27-32-29(8-5-19-37-32)39(33(27)34)25-15-11-23(12-16-25)22-9-13-24(14-10-22)38-28-7-4-18-36-31(28)26-17-20-35-21-30(26)38/h3-9,11-13,15-21H,2,10,14,34H2,1H3/b6-3-. The Kier molecular flexibility index (Phi) is 5.59. The van der Waals surface area contributed by atoms with Crippen LogP contribution in [0.1, 0.15) is 37.3 Å². The third kappa shape index (κ3) is 3.76. The van der Waals surface area contributed by atoms with Crippen LogP contribution in [0.25, 0.3) is 56.0 Å². The first-order valence-corrected chi connectivity index (χ1v) is 13.4. The molecule has 0 saturated heterocycles. The van der Waals surface area contributed by atoms with Gasteiger partial charge >= 0.3 is 0 Å². The normalized spacial score (nSPS) is 14.0. The molecule has 0 saturated carbocycles. The van der Waals surface area contributed by atoms with Crippen LogP contribution < -0.4 is 5.73 Å². The zero-order valence-corrected chi connectivity index (χ0v) is 21.7. The molecule has 6 aromatic rings. The molecule has 0 amide bonds. The van der Waals surface area contributed by atoms with Crippen molar-refractivity contribution in [3.63, 3.8) is 0 Å². The summed E-state index contributed by atoms with van der Waals surface area (Å²) in [6, 6.07) is 18.9. The molecule has 1 aliphatic carbocycles. The first kappa shape index (κ1) is 23.2. The molecule has 2 N–H and O–H groups in total. The van der Waals surface area contributed by atoms with Gasteiger partial charge in [0.2, 0.25) is 0 Å². The number of pyridine rings is 3. The summed E-state index contributed by atoms with van der Waals surface area (Å²) in [4.78, 5) is 13.7. The van der Waals surface area contributed by atoms with Crippen molar-refractivity contribution in [1.82, 2.24) is 24.1 Å². The largest absolute Gasteiger partial charge is 0.384 e. The SMILES string of the molecule is CC/C=C\c1c(N)n(-c2ccc(C3=CC=C(n4c5cnccc5c5ncccc54)CC3)cc2)c2cccnc12. The van der Waals surface area contributed by atoms with E-state index in [0.717, 1.165) is 63.5 Å². The topological polar surface area (TPSA) is 74.5 Å². The van der Waals surface area contributed by atoms with E-state index >= 15 is 0 Å². The summed E-state index contributed by atoms with van der Waals surface area (Å²) in [5.41, 5.74) is 17.6. The molecule has 190 valence electrons. The molecule has 6 nitrogen and oxygen atoms in total. The minimum atomic E-state index is 0.709. The van der Waals surface area contributed by atoms with Crippen molar-refractivity contribution >= 4 is 56.1 Å². The number of hydrogen-bond acceptors (Lipinski definition) is 4. The Hall–Kier alpha value is -4.97. The van der Waals surface area contributed by atoms with Crippen LogP contribution >= 0.6 is 0 Å². The number of benzene rings is 1. The van der Waals surface area contributed by atoms with Gasteiger partial charge in [0.25, 0.3) is 0 Å². The summed E-state index contributed by atoms with van der Waals surface area (Å²) in [6.07, 6.45) is 19.0. The first-order chi connectivity index (χ1) is 19.2. The maximum Gasteiger partial charge on any atom is 0.118 e. The number of hydrogen-bond donors (Lipinski definition) is 1. The average molecular weight is 509 g/mol. The second kappa shape index (κ2) is 9.40. The lowest BCUT2D eigenvalue weighted by atomic mass is 9.95. The number of nitrogens with two attached hydrogens (primary N) is 1. The fraction of sp³-hybridized carbons (Fsp3) is 0.121. The van der Waals surface area contributed by atoms with Gasteiger partial charge in [-0.2, -0.15) is 0 Å². The number of allylic oxidation sites excluding steroid dienone is 5. The smallest absolute Gasteiger partial charge is 0.118 e. The highest BCUT2D eigenvalue weighted by Crippen LogP contribution is 2.36. The number of nitrogen functional groups attached to an aromatic ring is 1. The molecule has 0 bridgehead atoms. The Morgan fingerprint density at radius 1 is 0.821 bits per heavy atom. The van der Waals surface area contributed by atoms with E-state index in [4.69, 9.17) is 5.73 Å². The molecule has 0 radical (unpaired) electrons. The predicted molar refractivity (Wildman–Crippen MR) is 161 cm³/mol. The van der Waals surface area contributed by atoms with Gasteiger partial charge < -0.3 is 10.3 Å². The molecule has 5 heterocycles. The lowest BCUT2D eigenvalue weighted by Crippen LogP contribution is -2.02. The third-order valence-electron chi connectivity index (χ3n) is 7.55. The van der Waals surface area contributed by atoms with Crippen molar-refractivity contribution in [2.24, 2.45) is 0 Å². The molecule has 7 rings (SSSR count). The second-order valence-corrected chi connectivity index (χ2v) is 9.81. The molecule has 5 aromatic heterocycles. The Morgan fingerprint density at radius 2 is 1.59 bits per heavy atom. The third-order valence-corrected chi connectivity index (χ3v) is 7.55. The minimum Gasteiger partial charge on any atom is -0.384 e. The molecular weight excluding hydrogens is 480 g/mol. The lowest BCUT2D eigenvalue weighted by Gasteiger charge is -2.18. The van der Waals surface area contributed by atoms with Crippen LogP contribution in [0.4, 0.5) is 5.82 Å². The molecule has 0 spiro atoms. The highest BCUT2D eigenvalue weighted by atomic mass is 15.1. The molecule has 1 aliphatic rings. The number of fused-ring (bicyclic) bond motifs is 4. The van der Waals surface area contributed by atoms with Crippen LogP contribution in [0.2, 0.25) is 0 Å². The average Bonchev–Trinajstić information content (AvgIpc) is 3.48. The Bertz CT molecular complexity index is 1900. The maximum atomic E-state index is 6.65. The molecule has 0 unspecified atom stereocenters. The molecule has 39 heavy (non-hydrogen) atoms.